The first kappa shape index (κ1) is 10.7. The van der Waals surface area contributed by atoms with Crippen LogP contribution in [0, 0.1) is 5.41 Å². The Kier molecular flexibility index (Phi) is 3.83. The van der Waals surface area contributed by atoms with E-state index in [0.29, 0.717) is 5.88 Å². The third kappa shape index (κ3) is 3.58. The number of hydrazine groups is 1. The van der Waals surface area contributed by atoms with Crippen LogP contribution in [0.3, 0.4) is 0 Å². The minimum atomic E-state index is -0.494. The van der Waals surface area contributed by atoms with Crippen molar-refractivity contribution >= 4 is 17.5 Å². The molecule has 0 saturated carbocycles. The van der Waals surface area contributed by atoms with Crippen LogP contribution < -0.4 is 5.43 Å². The molecule has 0 bridgehead atoms. The summed E-state index contributed by atoms with van der Waals surface area (Å²) in [5.41, 5.74) is 2.15. The molecule has 11 heavy (non-hydrogen) atoms. The number of nitrogens with zero attached hydrogens (tertiary/aromatic N) is 1. The highest BCUT2D eigenvalue weighted by Crippen LogP contribution is 2.16. The van der Waals surface area contributed by atoms with Gasteiger partial charge in [-0.15, -0.1) is 11.6 Å². The maximum absolute atomic E-state index is 11.3. The fourth-order valence-corrected chi connectivity index (χ4v) is 0.536. The van der Waals surface area contributed by atoms with Gasteiger partial charge in [-0.2, -0.15) is 0 Å². The van der Waals surface area contributed by atoms with Crippen LogP contribution in [0.4, 0.5) is 0 Å². The molecule has 0 radical (unpaired) electrons. The summed E-state index contributed by atoms with van der Waals surface area (Å²) in [7, 11) is 3.53. The summed E-state index contributed by atoms with van der Waals surface area (Å²) in [4.78, 5) is 11.3. The van der Waals surface area contributed by atoms with Gasteiger partial charge < -0.3 is 0 Å². The van der Waals surface area contributed by atoms with Crippen LogP contribution in [0.15, 0.2) is 0 Å². The van der Waals surface area contributed by atoms with Crippen LogP contribution in [-0.2, 0) is 4.79 Å². The van der Waals surface area contributed by atoms with Gasteiger partial charge in [0.1, 0.15) is 0 Å². The van der Waals surface area contributed by atoms with Crippen LogP contribution in [-0.4, -0.2) is 30.9 Å². The molecule has 0 aliphatic carbocycles. The molecule has 1 amide bonds. The van der Waals surface area contributed by atoms with E-state index in [2.05, 4.69) is 5.43 Å². The van der Waals surface area contributed by atoms with Gasteiger partial charge in [-0.3, -0.25) is 10.2 Å². The predicted molar refractivity (Wildman–Crippen MR) is 46.3 cm³/mol. The van der Waals surface area contributed by atoms with Crippen molar-refractivity contribution in [2.45, 2.75) is 13.8 Å². The molecule has 0 rings (SSSR count). The summed E-state index contributed by atoms with van der Waals surface area (Å²) in [6.45, 7) is 3.61. The van der Waals surface area contributed by atoms with Gasteiger partial charge in [0.05, 0.1) is 5.41 Å². The molecular formula is C7H15ClN2O. The Morgan fingerprint density at radius 1 is 1.55 bits per heavy atom. The minimum Gasteiger partial charge on any atom is -0.289 e. The third-order valence-electron chi connectivity index (χ3n) is 1.27. The average Bonchev–Trinajstić information content (AvgIpc) is 1.86. The Hall–Kier alpha value is -0.280. The molecule has 0 heterocycles. The van der Waals surface area contributed by atoms with Crippen LogP contribution in [0.1, 0.15) is 13.8 Å². The Labute approximate surface area is 72.7 Å². The molecule has 66 valence electrons. The molecule has 0 aliphatic heterocycles. The highest BCUT2D eigenvalue weighted by atomic mass is 35.5. The van der Waals surface area contributed by atoms with Crippen molar-refractivity contribution in [3.63, 3.8) is 0 Å². The van der Waals surface area contributed by atoms with Gasteiger partial charge in [-0.25, -0.2) is 5.01 Å². The van der Waals surface area contributed by atoms with Crippen molar-refractivity contribution in [3.8, 4) is 0 Å². The standard InChI is InChI=1S/C7H15ClN2O/c1-7(2,5-8)6(11)9-10(3)4/h5H2,1-4H3,(H,9,11). The second-order valence-electron chi connectivity index (χ2n) is 3.35. The van der Waals surface area contributed by atoms with E-state index in [4.69, 9.17) is 11.6 Å². The fourth-order valence-electron chi connectivity index (χ4n) is 0.415. The molecule has 0 saturated heterocycles. The van der Waals surface area contributed by atoms with Gasteiger partial charge in [0, 0.05) is 20.0 Å². The second-order valence-corrected chi connectivity index (χ2v) is 3.62. The molecule has 1 N–H and O–H groups in total. The first-order valence-electron chi connectivity index (χ1n) is 3.44. The lowest BCUT2D eigenvalue weighted by Gasteiger charge is -2.23. The smallest absolute Gasteiger partial charge is 0.241 e. The van der Waals surface area contributed by atoms with E-state index in [1.54, 1.807) is 33.0 Å². The van der Waals surface area contributed by atoms with Crippen LogP contribution in [0.2, 0.25) is 0 Å². The molecule has 0 aliphatic rings. The van der Waals surface area contributed by atoms with Gasteiger partial charge >= 0.3 is 0 Å². The molecule has 0 atom stereocenters. The van der Waals surface area contributed by atoms with E-state index in [-0.39, 0.29) is 5.91 Å². The summed E-state index contributed by atoms with van der Waals surface area (Å²) in [5.74, 6) is 0.268. The van der Waals surface area contributed by atoms with Gasteiger partial charge in [0.25, 0.3) is 0 Å². The van der Waals surface area contributed by atoms with Crippen molar-refractivity contribution in [1.82, 2.24) is 10.4 Å². The Balaban J connectivity index is 4.02. The maximum atomic E-state index is 11.3. The molecule has 0 unspecified atom stereocenters. The summed E-state index contributed by atoms with van der Waals surface area (Å²) in [5, 5.41) is 1.61. The zero-order valence-corrected chi connectivity index (χ0v) is 8.20. The summed E-state index contributed by atoms with van der Waals surface area (Å²) < 4.78 is 0. The zero-order chi connectivity index (χ0) is 9.07. The number of amides is 1. The SMILES string of the molecule is CN(C)NC(=O)C(C)(C)CCl. The van der Waals surface area contributed by atoms with E-state index in [9.17, 15) is 4.79 Å². The van der Waals surface area contributed by atoms with Crippen LogP contribution >= 0.6 is 11.6 Å². The number of halogens is 1. The number of rotatable bonds is 3. The zero-order valence-electron chi connectivity index (χ0n) is 7.44. The molecule has 3 nitrogen and oxygen atoms in total. The molecule has 0 spiro atoms. The van der Waals surface area contributed by atoms with Gasteiger partial charge in [-0.05, 0) is 13.8 Å². The lowest BCUT2D eigenvalue weighted by molar-refractivity contribution is -0.132. The Morgan fingerprint density at radius 2 is 2.00 bits per heavy atom. The topological polar surface area (TPSA) is 32.3 Å². The fraction of sp³-hybridized carbons (Fsp3) is 0.857. The third-order valence-corrected chi connectivity index (χ3v) is 1.94. The lowest BCUT2D eigenvalue weighted by Crippen LogP contribution is -2.44. The monoisotopic (exact) mass is 178 g/mol. The number of carbonyl (C=O) groups is 1. The number of hydrogen-bond donors (Lipinski definition) is 1. The van der Waals surface area contributed by atoms with E-state index < -0.39 is 5.41 Å². The van der Waals surface area contributed by atoms with Crippen molar-refractivity contribution in [2.24, 2.45) is 5.41 Å². The normalized spacial score (nSPS) is 11.8. The molecule has 4 heteroatoms. The molecule has 0 aromatic carbocycles. The molecule has 0 aromatic heterocycles. The van der Waals surface area contributed by atoms with Crippen molar-refractivity contribution < 1.29 is 4.79 Å². The van der Waals surface area contributed by atoms with E-state index in [1.165, 1.54) is 0 Å². The van der Waals surface area contributed by atoms with Crippen molar-refractivity contribution in [1.29, 1.82) is 0 Å². The van der Waals surface area contributed by atoms with Crippen molar-refractivity contribution in [2.75, 3.05) is 20.0 Å². The first-order valence-corrected chi connectivity index (χ1v) is 3.98. The quantitative estimate of drug-likeness (QED) is 0.513. The largest absolute Gasteiger partial charge is 0.289 e. The Bertz CT molecular complexity index is 145. The minimum absolute atomic E-state index is 0.0579. The Morgan fingerprint density at radius 3 is 2.27 bits per heavy atom. The van der Waals surface area contributed by atoms with Gasteiger partial charge in [0.15, 0.2) is 0 Å². The van der Waals surface area contributed by atoms with E-state index in [1.807, 2.05) is 0 Å². The maximum Gasteiger partial charge on any atom is 0.241 e. The average molecular weight is 179 g/mol. The van der Waals surface area contributed by atoms with Gasteiger partial charge in [-0.1, -0.05) is 0 Å². The number of alkyl halides is 1. The van der Waals surface area contributed by atoms with Crippen molar-refractivity contribution in [3.05, 3.63) is 0 Å². The van der Waals surface area contributed by atoms with E-state index in [0.717, 1.165) is 0 Å². The number of carbonyl (C=O) groups excluding carboxylic acids is 1. The van der Waals surface area contributed by atoms with Crippen LogP contribution in [0.25, 0.3) is 0 Å². The predicted octanol–water partition coefficient (Wildman–Crippen LogP) is 0.844. The summed E-state index contributed by atoms with van der Waals surface area (Å²) >= 11 is 5.59. The highest BCUT2D eigenvalue weighted by molar-refractivity contribution is 6.19. The highest BCUT2D eigenvalue weighted by Gasteiger charge is 2.26. The second kappa shape index (κ2) is 3.93. The lowest BCUT2D eigenvalue weighted by atomic mass is 9.96. The summed E-state index contributed by atoms with van der Waals surface area (Å²) in [6.07, 6.45) is 0. The van der Waals surface area contributed by atoms with Gasteiger partial charge in [0.2, 0.25) is 5.91 Å². The number of nitrogens with one attached hydrogen (secondary N) is 1. The summed E-state index contributed by atoms with van der Waals surface area (Å²) in [6, 6.07) is 0. The molecule has 0 aromatic rings. The molecular weight excluding hydrogens is 164 g/mol. The molecule has 0 fully saturated rings. The van der Waals surface area contributed by atoms with E-state index >= 15 is 0 Å². The first-order chi connectivity index (χ1) is 4.90. The number of hydrogen-bond acceptors (Lipinski definition) is 2. The van der Waals surface area contributed by atoms with Crippen LogP contribution in [0.5, 0.6) is 0 Å².